The lowest BCUT2D eigenvalue weighted by atomic mass is 10.0. The summed E-state index contributed by atoms with van der Waals surface area (Å²) in [7, 11) is -2.28. The van der Waals surface area contributed by atoms with Gasteiger partial charge in [-0.25, -0.2) is 13.4 Å². The number of fused-ring (bicyclic) bond motifs is 1. The third-order valence-corrected chi connectivity index (χ3v) is 7.76. The van der Waals surface area contributed by atoms with Gasteiger partial charge in [-0.1, -0.05) is 12.1 Å². The van der Waals surface area contributed by atoms with Crippen molar-refractivity contribution in [3.8, 4) is 5.75 Å². The van der Waals surface area contributed by atoms with Crippen molar-refractivity contribution in [2.24, 2.45) is 5.73 Å². The number of carbonyl (C=O) groups is 1. The lowest BCUT2D eigenvalue weighted by molar-refractivity contribution is -0.00189. The summed E-state index contributed by atoms with van der Waals surface area (Å²) >= 11 is 1.19. The molecule has 3 aromatic rings. The minimum atomic E-state index is -3.76. The van der Waals surface area contributed by atoms with Crippen LogP contribution in [-0.4, -0.2) is 50.4 Å². The summed E-state index contributed by atoms with van der Waals surface area (Å²) in [5.74, 6) is -0.124. The summed E-state index contributed by atoms with van der Waals surface area (Å²) in [6.07, 6.45) is 1.01. The van der Waals surface area contributed by atoms with Gasteiger partial charge in [0.2, 0.25) is 10.0 Å². The van der Waals surface area contributed by atoms with E-state index in [9.17, 15) is 13.2 Å². The van der Waals surface area contributed by atoms with Crippen LogP contribution in [0, 0.1) is 0 Å². The van der Waals surface area contributed by atoms with Crippen LogP contribution in [0.5, 0.6) is 5.75 Å². The average molecular weight is 434 g/mol. The maximum Gasteiger partial charge on any atom is 0.259 e. The molecular formula is C19H19N3O5S2. The highest BCUT2D eigenvalue weighted by Crippen LogP contribution is 2.38. The van der Waals surface area contributed by atoms with Crippen molar-refractivity contribution in [2.45, 2.75) is 11.0 Å². The molecule has 29 heavy (non-hydrogen) atoms. The zero-order valence-corrected chi connectivity index (χ0v) is 17.2. The molecule has 10 heteroatoms. The maximum absolute atomic E-state index is 13.2. The van der Waals surface area contributed by atoms with Gasteiger partial charge in [0.1, 0.15) is 15.5 Å². The van der Waals surface area contributed by atoms with E-state index in [1.54, 1.807) is 24.4 Å². The molecule has 1 atom stereocenters. The van der Waals surface area contributed by atoms with Gasteiger partial charge < -0.3 is 15.2 Å². The second kappa shape index (κ2) is 7.71. The number of primary amides is 1. The predicted molar refractivity (Wildman–Crippen MR) is 109 cm³/mol. The van der Waals surface area contributed by atoms with Gasteiger partial charge >= 0.3 is 0 Å². The van der Waals surface area contributed by atoms with Crippen LogP contribution in [-0.2, 0) is 14.8 Å². The Labute approximate surface area is 171 Å². The van der Waals surface area contributed by atoms with Crippen LogP contribution in [0.25, 0.3) is 10.2 Å². The molecule has 1 aliphatic rings. The van der Waals surface area contributed by atoms with Crippen LogP contribution in [0.3, 0.4) is 0 Å². The molecule has 1 unspecified atom stereocenters. The van der Waals surface area contributed by atoms with E-state index in [4.69, 9.17) is 15.2 Å². The Hall–Kier alpha value is -2.53. The topological polar surface area (TPSA) is 112 Å². The number of hydrogen-bond donors (Lipinski definition) is 1. The van der Waals surface area contributed by atoms with Crippen LogP contribution < -0.4 is 10.5 Å². The van der Waals surface area contributed by atoms with Crippen LogP contribution in [0.4, 0.5) is 0 Å². The number of ether oxygens (including phenoxy) is 2. The van der Waals surface area contributed by atoms with E-state index in [1.165, 1.54) is 34.9 Å². The molecule has 152 valence electrons. The van der Waals surface area contributed by atoms with Crippen LogP contribution in [0.2, 0.25) is 0 Å². The lowest BCUT2D eigenvalue weighted by Gasteiger charge is -2.32. The highest BCUT2D eigenvalue weighted by Gasteiger charge is 2.35. The van der Waals surface area contributed by atoms with Crippen molar-refractivity contribution in [2.75, 3.05) is 26.8 Å². The molecule has 2 N–H and O–H groups in total. The van der Waals surface area contributed by atoms with Crippen LogP contribution in [0.1, 0.15) is 21.3 Å². The highest BCUT2D eigenvalue weighted by atomic mass is 32.2. The molecule has 0 bridgehead atoms. The van der Waals surface area contributed by atoms with E-state index in [2.05, 4.69) is 4.98 Å². The van der Waals surface area contributed by atoms with Gasteiger partial charge in [0.05, 0.1) is 24.7 Å². The Balaban J connectivity index is 1.71. The van der Waals surface area contributed by atoms with Crippen molar-refractivity contribution in [3.63, 3.8) is 0 Å². The van der Waals surface area contributed by atoms with Gasteiger partial charge in [-0.15, -0.1) is 11.3 Å². The molecule has 1 fully saturated rings. The molecule has 4 rings (SSSR count). The van der Waals surface area contributed by atoms with Gasteiger partial charge in [0.15, 0.2) is 0 Å². The van der Waals surface area contributed by atoms with E-state index < -0.39 is 22.0 Å². The third kappa shape index (κ3) is 3.60. The third-order valence-electron chi connectivity index (χ3n) is 4.76. The molecule has 0 spiro atoms. The summed E-state index contributed by atoms with van der Waals surface area (Å²) in [4.78, 5) is 17.4. The number of hydrogen-bond acceptors (Lipinski definition) is 7. The summed E-state index contributed by atoms with van der Waals surface area (Å²) in [5, 5.41) is 0.747. The molecule has 2 aromatic heterocycles. The number of morpholine rings is 1. The van der Waals surface area contributed by atoms with E-state index in [1.807, 2.05) is 6.07 Å². The van der Waals surface area contributed by atoms with E-state index in [-0.39, 0.29) is 24.6 Å². The number of rotatable bonds is 5. The first-order chi connectivity index (χ1) is 13.9. The lowest BCUT2D eigenvalue weighted by Crippen LogP contribution is -2.42. The zero-order chi connectivity index (χ0) is 20.6. The maximum atomic E-state index is 13.2. The second-order valence-corrected chi connectivity index (χ2v) is 9.40. The molecule has 0 saturated carbocycles. The van der Waals surface area contributed by atoms with Crippen LogP contribution >= 0.6 is 11.3 Å². The average Bonchev–Trinajstić information content (AvgIpc) is 3.14. The summed E-state index contributed by atoms with van der Waals surface area (Å²) in [5.41, 5.74) is 6.16. The quantitative estimate of drug-likeness (QED) is 0.660. The predicted octanol–water partition coefficient (Wildman–Crippen LogP) is 2.17. The number of nitrogens with zero attached hydrogens (tertiary/aromatic N) is 2. The van der Waals surface area contributed by atoms with Gasteiger partial charge in [0, 0.05) is 36.3 Å². The fraction of sp³-hybridized carbons (Fsp3) is 0.263. The Bertz CT molecular complexity index is 1180. The highest BCUT2D eigenvalue weighted by molar-refractivity contribution is 7.89. The Morgan fingerprint density at radius 2 is 2.17 bits per heavy atom. The van der Waals surface area contributed by atoms with Gasteiger partial charge in [-0.2, -0.15) is 4.31 Å². The van der Waals surface area contributed by atoms with Crippen molar-refractivity contribution < 1.29 is 22.7 Å². The molecule has 3 heterocycles. The SMILES string of the molecule is COc1cccc(S(=O)(=O)N2CCOC(c3c(C(N)=O)sc4ncccc34)C2)c1. The van der Waals surface area contributed by atoms with E-state index >= 15 is 0 Å². The Morgan fingerprint density at radius 3 is 2.93 bits per heavy atom. The Morgan fingerprint density at radius 1 is 1.34 bits per heavy atom. The second-order valence-electron chi connectivity index (χ2n) is 6.47. The van der Waals surface area contributed by atoms with E-state index in [0.29, 0.717) is 21.0 Å². The summed E-state index contributed by atoms with van der Waals surface area (Å²) < 4.78 is 38.7. The minimum absolute atomic E-state index is 0.0700. The fourth-order valence-corrected chi connectivity index (χ4v) is 5.89. The smallest absolute Gasteiger partial charge is 0.259 e. The first-order valence-corrected chi connectivity index (χ1v) is 11.1. The van der Waals surface area contributed by atoms with Crippen molar-refractivity contribution in [1.82, 2.24) is 9.29 Å². The number of methoxy groups -OCH3 is 1. The number of thiophene rings is 1. The van der Waals surface area contributed by atoms with E-state index in [0.717, 1.165) is 5.39 Å². The van der Waals surface area contributed by atoms with Gasteiger partial charge in [-0.3, -0.25) is 4.79 Å². The number of sulfonamides is 1. The minimum Gasteiger partial charge on any atom is -0.497 e. The first-order valence-electron chi connectivity index (χ1n) is 8.85. The van der Waals surface area contributed by atoms with Crippen molar-refractivity contribution in [1.29, 1.82) is 0 Å². The normalized spacial score (nSPS) is 18.0. The zero-order valence-electron chi connectivity index (χ0n) is 15.6. The Kier molecular flexibility index (Phi) is 5.26. The van der Waals surface area contributed by atoms with Crippen LogP contribution in [0.15, 0.2) is 47.5 Å². The molecule has 0 aliphatic carbocycles. The molecule has 1 amide bonds. The fourth-order valence-electron chi connectivity index (χ4n) is 3.38. The summed E-state index contributed by atoms with van der Waals surface area (Å²) in [6, 6.07) is 9.92. The molecule has 1 saturated heterocycles. The van der Waals surface area contributed by atoms with Crippen molar-refractivity contribution >= 4 is 37.5 Å². The van der Waals surface area contributed by atoms with Gasteiger partial charge in [0.25, 0.3) is 5.91 Å². The summed E-state index contributed by atoms with van der Waals surface area (Å²) in [6.45, 7) is 0.479. The number of carbonyl (C=O) groups excluding carboxylic acids is 1. The monoisotopic (exact) mass is 433 g/mol. The molecule has 0 radical (unpaired) electrons. The van der Waals surface area contributed by atoms with Crippen molar-refractivity contribution in [3.05, 3.63) is 53.0 Å². The largest absolute Gasteiger partial charge is 0.497 e. The number of nitrogens with two attached hydrogens (primary N) is 1. The number of aromatic nitrogens is 1. The standard InChI is InChI=1S/C19H19N3O5S2/c1-26-12-4-2-5-13(10-12)29(24,25)22-8-9-27-15(11-22)16-14-6-3-7-21-19(14)28-17(16)18(20)23/h2-7,10,15H,8-9,11H2,1H3,(H2,20,23). The number of pyridine rings is 1. The number of amides is 1. The first kappa shape index (κ1) is 19.8. The number of benzene rings is 1. The molecule has 1 aliphatic heterocycles. The molecule has 8 nitrogen and oxygen atoms in total. The molecular weight excluding hydrogens is 414 g/mol. The molecule has 1 aromatic carbocycles. The van der Waals surface area contributed by atoms with Gasteiger partial charge in [-0.05, 0) is 18.2 Å².